The summed E-state index contributed by atoms with van der Waals surface area (Å²) in [6.45, 7) is 3.45. The van der Waals surface area contributed by atoms with Crippen LogP contribution in [0.1, 0.15) is 35.3 Å². The summed E-state index contributed by atoms with van der Waals surface area (Å²) >= 11 is 0. The summed E-state index contributed by atoms with van der Waals surface area (Å²) in [5.74, 6) is -0.162. The first-order valence-electron chi connectivity index (χ1n) is 9.05. The molecule has 1 amide bonds. The van der Waals surface area contributed by atoms with Crippen LogP contribution in [-0.4, -0.2) is 57.1 Å². The van der Waals surface area contributed by atoms with E-state index in [1.165, 1.54) is 18.0 Å². The summed E-state index contributed by atoms with van der Waals surface area (Å²) in [6, 6.07) is 4.18. The van der Waals surface area contributed by atoms with Gasteiger partial charge in [-0.15, -0.1) is 0 Å². The lowest BCUT2D eigenvalue weighted by Gasteiger charge is -2.38. The number of nitrogens with one attached hydrogen (secondary N) is 1. The SMILES string of the molecule is O=C(N[C@H]1CCO[C@]2(CCN(Cc3cccnc3)C2)C1)c1cnccn1. The zero-order chi connectivity index (χ0) is 17.8. The third kappa shape index (κ3) is 3.89. The van der Waals surface area contributed by atoms with Crippen LogP contribution in [0.5, 0.6) is 0 Å². The van der Waals surface area contributed by atoms with Crippen molar-refractivity contribution in [2.24, 2.45) is 0 Å². The second-order valence-electron chi connectivity index (χ2n) is 7.11. The minimum Gasteiger partial charge on any atom is -0.373 e. The number of pyridine rings is 1. The highest BCUT2D eigenvalue weighted by molar-refractivity contribution is 5.92. The van der Waals surface area contributed by atoms with Crippen molar-refractivity contribution >= 4 is 5.91 Å². The van der Waals surface area contributed by atoms with E-state index < -0.39 is 0 Å². The molecule has 4 rings (SSSR count). The number of carbonyl (C=O) groups excluding carboxylic acids is 1. The minimum absolute atomic E-state index is 0.108. The Balaban J connectivity index is 1.35. The minimum atomic E-state index is -0.166. The van der Waals surface area contributed by atoms with E-state index in [-0.39, 0.29) is 17.6 Å². The van der Waals surface area contributed by atoms with E-state index in [2.05, 4.69) is 31.2 Å². The first kappa shape index (κ1) is 17.1. The van der Waals surface area contributed by atoms with Crippen LogP contribution in [0.4, 0.5) is 0 Å². The van der Waals surface area contributed by atoms with Crippen LogP contribution in [-0.2, 0) is 11.3 Å². The number of hydrogen-bond donors (Lipinski definition) is 1. The predicted molar refractivity (Wildman–Crippen MR) is 95.3 cm³/mol. The summed E-state index contributed by atoms with van der Waals surface area (Å²) in [6.07, 6.45) is 11.0. The molecule has 4 heterocycles. The molecule has 1 spiro atoms. The summed E-state index contributed by atoms with van der Waals surface area (Å²) in [4.78, 5) is 27.0. The average Bonchev–Trinajstić information content (AvgIpc) is 3.05. The van der Waals surface area contributed by atoms with Crippen molar-refractivity contribution in [3.63, 3.8) is 0 Å². The van der Waals surface area contributed by atoms with Gasteiger partial charge in [0, 0.05) is 57.1 Å². The second-order valence-corrected chi connectivity index (χ2v) is 7.11. The van der Waals surface area contributed by atoms with E-state index in [0.717, 1.165) is 38.9 Å². The van der Waals surface area contributed by atoms with E-state index in [9.17, 15) is 4.79 Å². The number of likely N-dealkylation sites (tertiary alicyclic amines) is 1. The van der Waals surface area contributed by atoms with Crippen molar-refractivity contribution in [2.75, 3.05) is 19.7 Å². The molecule has 0 aliphatic carbocycles. The Kier molecular flexibility index (Phi) is 4.90. The van der Waals surface area contributed by atoms with Gasteiger partial charge in [-0.3, -0.25) is 19.7 Å². The third-order valence-corrected chi connectivity index (χ3v) is 5.15. The Labute approximate surface area is 152 Å². The standard InChI is InChI=1S/C19H23N5O2/c25-18(17-12-21-6-7-22-17)23-16-3-9-26-19(10-16)4-8-24(14-19)13-15-2-1-5-20-11-15/h1-2,5-7,11-12,16H,3-4,8-10,13-14H2,(H,23,25)/t16-,19+/m0/s1. The number of hydrogen-bond acceptors (Lipinski definition) is 6. The molecular weight excluding hydrogens is 330 g/mol. The Morgan fingerprint density at radius 2 is 2.23 bits per heavy atom. The fourth-order valence-electron chi connectivity index (χ4n) is 3.92. The lowest BCUT2D eigenvalue weighted by atomic mass is 9.89. The van der Waals surface area contributed by atoms with E-state index in [1.54, 1.807) is 12.4 Å². The normalized spacial score (nSPS) is 26.1. The maximum absolute atomic E-state index is 12.3. The van der Waals surface area contributed by atoms with Gasteiger partial charge >= 0.3 is 0 Å². The van der Waals surface area contributed by atoms with E-state index in [1.807, 2.05) is 12.3 Å². The van der Waals surface area contributed by atoms with Crippen LogP contribution >= 0.6 is 0 Å². The molecule has 1 N–H and O–H groups in total. The highest BCUT2D eigenvalue weighted by Gasteiger charge is 2.43. The van der Waals surface area contributed by atoms with Crippen molar-refractivity contribution in [2.45, 2.75) is 37.5 Å². The van der Waals surface area contributed by atoms with Gasteiger partial charge in [-0.2, -0.15) is 0 Å². The molecule has 2 atom stereocenters. The number of carbonyl (C=O) groups is 1. The fraction of sp³-hybridized carbons (Fsp3) is 0.474. The highest BCUT2D eigenvalue weighted by Crippen LogP contribution is 2.34. The molecule has 2 aliphatic heterocycles. The largest absolute Gasteiger partial charge is 0.373 e. The molecule has 0 saturated carbocycles. The molecule has 2 aromatic heterocycles. The fourth-order valence-corrected chi connectivity index (χ4v) is 3.92. The lowest BCUT2D eigenvalue weighted by molar-refractivity contribution is -0.0793. The van der Waals surface area contributed by atoms with E-state index in [4.69, 9.17) is 4.74 Å². The number of rotatable bonds is 4. The molecule has 0 unspecified atom stereocenters. The molecule has 7 heteroatoms. The molecule has 0 radical (unpaired) electrons. The monoisotopic (exact) mass is 353 g/mol. The van der Waals surface area contributed by atoms with Gasteiger partial charge in [0.05, 0.1) is 11.8 Å². The molecular formula is C19H23N5O2. The second kappa shape index (κ2) is 7.47. The Hall–Kier alpha value is -2.38. The highest BCUT2D eigenvalue weighted by atomic mass is 16.5. The summed E-state index contributed by atoms with van der Waals surface area (Å²) in [7, 11) is 0. The molecule has 2 aromatic rings. The summed E-state index contributed by atoms with van der Waals surface area (Å²) < 4.78 is 6.18. The topological polar surface area (TPSA) is 80.2 Å². The summed E-state index contributed by atoms with van der Waals surface area (Å²) in [5.41, 5.74) is 1.41. The zero-order valence-corrected chi connectivity index (χ0v) is 14.7. The van der Waals surface area contributed by atoms with Crippen molar-refractivity contribution in [3.05, 3.63) is 54.4 Å². The number of nitrogens with zero attached hydrogens (tertiary/aromatic N) is 4. The van der Waals surface area contributed by atoms with Crippen molar-refractivity contribution in [3.8, 4) is 0 Å². The predicted octanol–water partition coefficient (Wildman–Crippen LogP) is 1.43. The molecule has 0 bridgehead atoms. The van der Waals surface area contributed by atoms with Crippen LogP contribution in [0.2, 0.25) is 0 Å². The smallest absolute Gasteiger partial charge is 0.271 e. The molecule has 7 nitrogen and oxygen atoms in total. The number of amides is 1. The van der Waals surface area contributed by atoms with Gasteiger partial charge < -0.3 is 10.1 Å². The van der Waals surface area contributed by atoms with Gasteiger partial charge in [0.1, 0.15) is 5.69 Å². The van der Waals surface area contributed by atoms with Crippen molar-refractivity contribution in [1.82, 2.24) is 25.2 Å². The molecule has 2 aliphatic rings. The summed E-state index contributed by atoms with van der Waals surface area (Å²) in [5, 5.41) is 3.10. The van der Waals surface area contributed by atoms with Crippen LogP contribution in [0, 0.1) is 0 Å². The molecule has 2 saturated heterocycles. The number of ether oxygens (including phenoxy) is 1. The van der Waals surface area contributed by atoms with Crippen molar-refractivity contribution in [1.29, 1.82) is 0 Å². The lowest BCUT2D eigenvalue weighted by Crippen LogP contribution is -2.50. The van der Waals surface area contributed by atoms with E-state index in [0.29, 0.717) is 12.3 Å². The van der Waals surface area contributed by atoms with Gasteiger partial charge in [-0.1, -0.05) is 6.07 Å². The van der Waals surface area contributed by atoms with Crippen LogP contribution in [0.15, 0.2) is 43.1 Å². The quantitative estimate of drug-likeness (QED) is 0.896. The van der Waals surface area contributed by atoms with Gasteiger partial charge in [-0.25, -0.2) is 4.98 Å². The van der Waals surface area contributed by atoms with E-state index >= 15 is 0 Å². The Morgan fingerprint density at radius 1 is 1.31 bits per heavy atom. The molecule has 136 valence electrons. The third-order valence-electron chi connectivity index (χ3n) is 5.15. The van der Waals surface area contributed by atoms with Crippen LogP contribution in [0.3, 0.4) is 0 Å². The average molecular weight is 353 g/mol. The maximum Gasteiger partial charge on any atom is 0.271 e. The zero-order valence-electron chi connectivity index (χ0n) is 14.7. The maximum atomic E-state index is 12.3. The molecule has 2 fully saturated rings. The van der Waals surface area contributed by atoms with Gasteiger partial charge in [0.2, 0.25) is 0 Å². The Morgan fingerprint density at radius 3 is 3.04 bits per heavy atom. The van der Waals surface area contributed by atoms with Gasteiger partial charge in [0.15, 0.2) is 0 Å². The van der Waals surface area contributed by atoms with Crippen LogP contribution in [0.25, 0.3) is 0 Å². The van der Waals surface area contributed by atoms with Gasteiger partial charge in [-0.05, 0) is 30.9 Å². The number of aromatic nitrogens is 3. The van der Waals surface area contributed by atoms with Crippen LogP contribution < -0.4 is 5.32 Å². The molecule has 26 heavy (non-hydrogen) atoms. The van der Waals surface area contributed by atoms with Crippen molar-refractivity contribution < 1.29 is 9.53 Å². The Bertz CT molecular complexity index is 742. The first-order valence-corrected chi connectivity index (χ1v) is 9.05. The van der Waals surface area contributed by atoms with Gasteiger partial charge in [0.25, 0.3) is 5.91 Å². The first-order chi connectivity index (χ1) is 12.7. The molecule has 0 aromatic carbocycles.